The summed E-state index contributed by atoms with van der Waals surface area (Å²) in [5, 5.41) is 0. The van der Waals surface area contributed by atoms with Crippen LogP contribution in [0.2, 0.25) is 0 Å². The van der Waals surface area contributed by atoms with Crippen LogP contribution in [0.3, 0.4) is 0 Å². The lowest BCUT2D eigenvalue weighted by Gasteiger charge is -2.11. The van der Waals surface area contributed by atoms with Crippen molar-refractivity contribution in [1.29, 1.82) is 0 Å². The van der Waals surface area contributed by atoms with E-state index in [1.165, 1.54) is 0 Å². The van der Waals surface area contributed by atoms with Crippen molar-refractivity contribution in [3.63, 3.8) is 0 Å². The van der Waals surface area contributed by atoms with Crippen molar-refractivity contribution in [3.8, 4) is 11.6 Å². The molecule has 1 aromatic carbocycles. The minimum atomic E-state index is 0.560. The second kappa shape index (κ2) is 6.19. The van der Waals surface area contributed by atoms with Crippen LogP contribution >= 0.6 is 0 Å². The van der Waals surface area contributed by atoms with Crippen molar-refractivity contribution in [2.45, 2.75) is 26.7 Å². The SMILES string of the molecule is C=CCc1cc(N)ccc1Oc1cc(CC)nc(C)n1. The number of anilines is 1. The summed E-state index contributed by atoms with van der Waals surface area (Å²) in [6.07, 6.45) is 3.37. The van der Waals surface area contributed by atoms with Gasteiger partial charge in [-0.2, -0.15) is 4.98 Å². The minimum Gasteiger partial charge on any atom is -0.439 e. The Morgan fingerprint density at radius 2 is 2.10 bits per heavy atom. The summed E-state index contributed by atoms with van der Waals surface area (Å²) in [5.74, 6) is 2.02. The predicted molar refractivity (Wildman–Crippen MR) is 81.0 cm³/mol. The molecular weight excluding hydrogens is 250 g/mol. The molecule has 4 heteroatoms. The number of aryl methyl sites for hydroxylation is 2. The topological polar surface area (TPSA) is 61.0 Å². The van der Waals surface area contributed by atoms with Crippen molar-refractivity contribution < 1.29 is 4.74 Å². The quantitative estimate of drug-likeness (QED) is 0.667. The molecule has 0 saturated carbocycles. The zero-order valence-corrected chi connectivity index (χ0v) is 11.9. The third-order valence-electron chi connectivity index (χ3n) is 2.89. The molecule has 0 aliphatic carbocycles. The molecule has 0 aliphatic heterocycles. The van der Waals surface area contributed by atoms with Gasteiger partial charge in [-0.05, 0) is 38.0 Å². The lowest BCUT2D eigenvalue weighted by Crippen LogP contribution is -1.99. The number of nitrogens with zero attached hydrogens (tertiary/aromatic N) is 2. The Morgan fingerprint density at radius 3 is 2.80 bits per heavy atom. The van der Waals surface area contributed by atoms with Crippen molar-refractivity contribution in [2.24, 2.45) is 0 Å². The average Bonchev–Trinajstić information content (AvgIpc) is 2.41. The number of allylic oxidation sites excluding steroid dienone is 1. The maximum absolute atomic E-state index is 5.89. The van der Waals surface area contributed by atoms with Gasteiger partial charge in [-0.15, -0.1) is 6.58 Å². The van der Waals surface area contributed by atoms with Gasteiger partial charge in [0.1, 0.15) is 11.6 Å². The summed E-state index contributed by atoms with van der Waals surface area (Å²) in [7, 11) is 0. The number of hydrogen-bond donors (Lipinski definition) is 1. The normalized spacial score (nSPS) is 10.3. The van der Waals surface area contributed by atoms with E-state index in [1.807, 2.05) is 37.3 Å². The second-order valence-corrected chi connectivity index (χ2v) is 4.56. The Labute approximate surface area is 119 Å². The zero-order valence-electron chi connectivity index (χ0n) is 11.9. The lowest BCUT2D eigenvalue weighted by atomic mass is 10.1. The third-order valence-corrected chi connectivity index (χ3v) is 2.89. The van der Waals surface area contributed by atoms with E-state index in [-0.39, 0.29) is 0 Å². The molecule has 0 amide bonds. The van der Waals surface area contributed by atoms with Crippen LogP contribution in [0, 0.1) is 6.92 Å². The largest absolute Gasteiger partial charge is 0.439 e. The fourth-order valence-corrected chi connectivity index (χ4v) is 1.96. The molecule has 0 atom stereocenters. The van der Waals surface area contributed by atoms with E-state index in [0.717, 1.165) is 23.4 Å². The number of rotatable bonds is 5. The molecular formula is C16H19N3O. The summed E-state index contributed by atoms with van der Waals surface area (Å²) in [5.41, 5.74) is 8.48. The van der Waals surface area contributed by atoms with Crippen LogP contribution in [0.1, 0.15) is 24.0 Å². The third kappa shape index (κ3) is 3.35. The first-order valence-corrected chi connectivity index (χ1v) is 6.64. The molecule has 0 unspecified atom stereocenters. The summed E-state index contributed by atoms with van der Waals surface area (Å²) in [6, 6.07) is 7.43. The molecule has 20 heavy (non-hydrogen) atoms. The van der Waals surface area contributed by atoms with Crippen LogP contribution in [-0.4, -0.2) is 9.97 Å². The Hall–Kier alpha value is -2.36. The molecule has 104 valence electrons. The van der Waals surface area contributed by atoms with E-state index in [9.17, 15) is 0 Å². The van der Waals surface area contributed by atoms with E-state index < -0.39 is 0 Å². The number of hydrogen-bond acceptors (Lipinski definition) is 4. The molecule has 1 heterocycles. The highest BCUT2D eigenvalue weighted by Crippen LogP contribution is 2.27. The minimum absolute atomic E-state index is 0.560. The molecule has 2 N–H and O–H groups in total. The van der Waals surface area contributed by atoms with Gasteiger partial charge in [0, 0.05) is 23.0 Å². The summed E-state index contributed by atoms with van der Waals surface area (Å²) >= 11 is 0. The maximum Gasteiger partial charge on any atom is 0.222 e. The van der Waals surface area contributed by atoms with Crippen LogP contribution in [0.25, 0.3) is 0 Å². The van der Waals surface area contributed by atoms with Crippen molar-refractivity contribution in [1.82, 2.24) is 9.97 Å². The first-order chi connectivity index (χ1) is 9.62. The Kier molecular flexibility index (Phi) is 4.35. The van der Waals surface area contributed by atoms with E-state index >= 15 is 0 Å². The van der Waals surface area contributed by atoms with Gasteiger partial charge < -0.3 is 10.5 Å². The Balaban J connectivity index is 2.34. The fraction of sp³-hybridized carbons (Fsp3) is 0.250. The van der Waals surface area contributed by atoms with Crippen LogP contribution in [0.15, 0.2) is 36.9 Å². The molecule has 0 bridgehead atoms. The number of benzene rings is 1. The molecule has 0 radical (unpaired) electrons. The monoisotopic (exact) mass is 269 g/mol. The fourth-order valence-electron chi connectivity index (χ4n) is 1.96. The molecule has 0 spiro atoms. The highest BCUT2D eigenvalue weighted by molar-refractivity contribution is 5.49. The Bertz CT molecular complexity index is 623. The smallest absolute Gasteiger partial charge is 0.222 e. The van der Waals surface area contributed by atoms with E-state index in [0.29, 0.717) is 23.8 Å². The van der Waals surface area contributed by atoms with Crippen molar-refractivity contribution >= 4 is 5.69 Å². The highest BCUT2D eigenvalue weighted by atomic mass is 16.5. The van der Waals surface area contributed by atoms with Gasteiger partial charge in [-0.1, -0.05) is 13.0 Å². The van der Waals surface area contributed by atoms with Gasteiger partial charge in [0.2, 0.25) is 5.88 Å². The number of aromatic nitrogens is 2. The van der Waals surface area contributed by atoms with E-state index in [2.05, 4.69) is 23.5 Å². The van der Waals surface area contributed by atoms with E-state index in [1.54, 1.807) is 0 Å². The van der Waals surface area contributed by atoms with Gasteiger partial charge in [0.05, 0.1) is 0 Å². The second-order valence-electron chi connectivity index (χ2n) is 4.56. The van der Waals surface area contributed by atoms with Crippen LogP contribution in [0.4, 0.5) is 5.69 Å². The molecule has 1 aromatic heterocycles. The van der Waals surface area contributed by atoms with Crippen LogP contribution < -0.4 is 10.5 Å². The number of ether oxygens (including phenoxy) is 1. The standard InChI is InChI=1S/C16H19N3O/c1-4-6-12-9-13(17)7-8-15(12)20-16-10-14(5-2)18-11(3)19-16/h4,7-10H,1,5-6,17H2,2-3H3. The summed E-state index contributed by atoms with van der Waals surface area (Å²) in [6.45, 7) is 7.67. The Morgan fingerprint density at radius 1 is 1.30 bits per heavy atom. The van der Waals surface area contributed by atoms with Crippen molar-refractivity contribution in [2.75, 3.05) is 5.73 Å². The van der Waals surface area contributed by atoms with Gasteiger partial charge >= 0.3 is 0 Å². The molecule has 0 saturated heterocycles. The zero-order chi connectivity index (χ0) is 14.5. The average molecular weight is 269 g/mol. The van der Waals surface area contributed by atoms with Crippen LogP contribution in [0.5, 0.6) is 11.6 Å². The van der Waals surface area contributed by atoms with Crippen molar-refractivity contribution in [3.05, 3.63) is 54.0 Å². The predicted octanol–water partition coefficient (Wildman–Crippen LogP) is 3.45. The summed E-state index contributed by atoms with van der Waals surface area (Å²) < 4.78 is 5.89. The first kappa shape index (κ1) is 14.1. The highest BCUT2D eigenvalue weighted by Gasteiger charge is 2.07. The molecule has 0 fully saturated rings. The van der Waals surface area contributed by atoms with Crippen LogP contribution in [-0.2, 0) is 12.8 Å². The summed E-state index contributed by atoms with van der Waals surface area (Å²) in [4.78, 5) is 8.65. The molecule has 0 aliphatic rings. The number of nitrogens with two attached hydrogens (primary N) is 1. The molecule has 2 aromatic rings. The number of nitrogen functional groups attached to an aromatic ring is 1. The van der Waals surface area contributed by atoms with Gasteiger partial charge in [0.25, 0.3) is 0 Å². The first-order valence-electron chi connectivity index (χ1n) is 6.64. The maximum atomic E-state index is 5.89. The molecule has 4 nitrogen and oxygen atoms in total. The van der Waals surface area contributed by atoms with Gasteiger partial charge in [-0.25, -0.2) is 4.98 Å². The van der Waals surface area contributed by atoms with E-state index in [4.69, 9.17) is 10.5 Å². The lowest BCUT2D eigenvalue weighted by molar-refractivity contribution is 0.454. The van der Waals surface area contributed by atoms with Gasteiger partial charge in [0.15, 0.2) is 0 Å². The van der Waals surface area contributed by atoms with Gasteiger partial charge in [-0.3, -0.25) is 0 Å². The molecule has 2 rings (SSSR count).